The maximum absolute atomic E-state index is 2.58. The van der Waals surface area contributed by atoms with Crippen LogP contribution in [0, 0.1) is 0 Å². The molecule has 0 N–H and O–H groups in total. The Morgan fingerprint density at radius 3 is 2.71 bits per heavy atom. The van der Waals surface area contributed by atoms with Crippen molar-refractivity contribution in [1.29, 1.82) is 0 Å². The summed E-state index contributed by atoms with van der Waals surface area (Å²) in [7, 11) is 0. The van der Waals surface area contributed by atoms with E-state index in [2.05, 4.69) is 54.3 Å². The Morgan fingerprint density at radius 2 is 1.82 bits per heavy atom. The summed E-state index contributed by atoms with van der Waals surface area (Å²) in [5.74, 6) is 0. The lowest BCUT2D eigenvalue weighted by Gasteiger charge is -2.36. The average Bonchev–Trinajstić information content (AvgIpc) is 2.39. The molecule has 0 aliphatic carbocycles. The van der Waals surface area contributed by atoms with Crippen LogP contribution in [-0.2, 0) is 0 Å². The molecular weight excluding hydrogens is 206 g/mol. The molecule has 1 heterocycles. The van der Waals surface area contributed by atoms with Gasteiger partial charge in [0, 0.05) is 23.7 Å². The molecule has 0 amide bonds. The highest BCUT2D eigenvalue weighted by atomic mass is 15.2. The Kier molecular flexibility index (Phi) is 2.76. The van der Waals surface area contributed by atoms with E-state index in [4.69, 9.17) is 0 Å². The van der Waals surface area contributed by atoms with Gasteiger partial charge in [0.15, 0.2) is 0 Å². The number of nitrogens with zero attached hydrogens (tertiary/aromatic N) is 1. The predicted octanol–water partition coefficient (Wildman–Crippen LogP) is 4.22. The van der Waals surface area contributed by atoms with Gasteiger partial charge in [-0.15, -0.1) is 0 Å². The summed E-state index contributed by atoms with van der Waals surface area (Å²) in [5, 5.41) is 2.74. The van der Waals surface area contributed by atoms with Gasteiger partial charge in [0.2, 0.25) is 0 Å². The second-order valence-corrected chi connectivity index (χ2v) is 5.04. The van der Waals surface area contributed by atoms with Crippen molar-refractivity contribution in [2.75, 3.05) is 11.4 Å². The van der Waals surface area contributed by atoms with Crippen molar-refractivity contribution in [1.82, 2.24) is 0 Å². The molecule has 0 saturated carbocycles. The van der Waals surface area contributed by atoms with E-state index in [9.17, 15) is 0 Å². The van der Waals surface area contributed by atoms with Gasteiger partial charge in [-0.05, 0) is 37.6 Å². The number of hydrogen-bond donors (Lipinski definition) is 0. The minimum absolute atomic E-state index is 0.676. The van der Waals surface area contributed by atoms with Crippen LogP contribution >= 0.6 is 0 Å². The zero-order valence-corrected chi connectivity index (χ0v) is 10.4. The third kappa shape index (κ3) is 1.90. The molecule has 88 valence electrons. The number of benzene rings is 2. The first-order valence-electron chi connectivity index (χ1n) is 6.60. The average molecular weight is 225 g/mol. The van der Waals surface area contributed by atoms with Crippen LogP contribution in [0.2, 0.25) is 0 Å². The van der Waals surface area contributed by atoms with Crippen LogP contribution in [0.4, 0.5) is 5.69 Å². The quantitative estimate of drug-likeness (QED) is 0.702. The third-order valence-corrected chi connectivity index (χ3v) is 3.88. The zero-order chi connectivity index (χ0) is 11.7. The summed E-state index contributed by atoms with van der Waals surface area (Å²) in [5.41, 5.74) is 1.41. The summed E-state index contributed by atoms with van der Waals surface area (Å²) in [6.45, 7) is 3.55. The zero-order valence-electron chi connectivity index (χ0n) is 10.4. The van der Waals surface area contributed by atoms with Crippen LogP contribution in [-0.4, -0.2) is 12.6 Å². The SMILES string of the molecule is CC1CCCCN1c1cccc2ccccc12. The van der Waals surface area contributed by atoms with Crippen molar-refractivity contribution in [2.45, 2.75) is 32.2 Å². The summed E-state index contributed by atoms with van der Waals surface area (Å²) in [6.07, 6.45) is 4.03. The van der Waals surface area contributed by atoms with Gasteiger partial charge in [-0.2, -0.15) is 0 Å². The third-order valence-electron chi connectivity index (χ3n) is 3.88. The minimum Gasteiger partial charge on any atom is -0.368 e. The fourth-order valence-corrected chi connectivity index (χ4v) is 2.91. The van der Waals surface area contributed by atoms with Crippen LogP contribution in [0.3, 0.4) is 0 Å². The minimum atomic E-state index is 0.676. The topological polar surface area (TPSA) is 3.24 Å². The number of rotatable bonds is 1. The van der Waals surface area contributed by atoms with Gasteiger partial charge in [0.25, 0.3) is 0 Å². The number of piperidine rings is 1. The summed E-state index contributed by atoms with van der Waals surface area (Å²) >= 11 is 0. The first-order chi connectivity index (χ1) is 8.36. The molecule has 3 rings (SSSR count). The summed E-state index contributed by atoms with van der Waals surface area (Å²) < 4.78 is 0. The predicted molar refractivity (Wildman–Crippen MR) is 74.6 cm³/mol. The van der Waals surface area contributed by atoms with E-state index < -0.39 is 0 Å². The molecule has 0 spiro atoms. The largest absolute Gasteiger partial charge is 0.368 e. The molecule has 1 atom stereocenters. The van der Waals surface area contributed by atoms with E-state index >= 15 is 0 Å². The molecule has 17 heavy (non-hydrogen) atoms. The van der Waals surface area contributed by atoms with Gasteiger partial charge in [-0.3, -0.25) is 0 Å². The molecule has 1 fully saturated rings. The number of fused-ring (bicyclic) bond motifs is 1. The summed E-state index contributed by atoms with van der Waals surface area (Å²) in [4.78, 5) is 2.58. The molecule has 0 bridgehead atoms. The monoisotopic (exact) mass is 225 g/mol. The lowest BCUT2D eigenvalue weighted by atomic mass is 10.0. The van der Waals surface area contributed by atoms with E-state index in [1.165, 1.54) is 42.3 Å². The molecule has 1 saturated heterocycles. The van der Waals surface area contributed by atoms with Gasteiger partial charge >= 0.3 is 0 Å². The molecule has 0 radical (unpaired) electrons. The fourth-order valence-electron chi connectivity index (χ4n) is 2.91. The van der Waals surface area contributed by atoms with Crippen LogP contribution in [0.15, 0.2) is 42.5 Å². The smallest absolute Gasteiger partial charge is 0.0448 e. The molecule has 1 unspecified atom stereocenters. The highest BCUT2D eigenvalue weighted by Gasteiger charge is 2.19. The van der Waals surface area contributed by atoms with Crippen LogP contribution in [0.25, 0.3) is 10.8 Å². The van der Waals surface area contributed by atoms with E-state index in [-0.39, 0.29) is 0 Å². The second kappa shape index (κ2) is 4.40. The molecule has 1 aliphatic heterocycles. The lowest BCUT2D eigenvalue weighted by molar-refractivity contribution is 0.486. The molecule has 2 aromatic carbocycles. The van der Waals surface area contributed by atoms with Crippen molar-refractivity contribution in [3.05, 3.63) is 42.5 Å². The lowest BCUT2D eigenvalue weighted by Crippen LogP contribution is -2.37. The molecule has 1 heteroatoms. The number of hydrogen-bond acceptors (Lipinski definition) is 1. The molecule has 2 aromatic rings. The van der Waals surface area contributed by atoms with Gasteiger partial charge in [-0.1, -0.05) is 36.4 Å². The van der Waals surface area contributed by atoms with Gasteiger partial charge in [0.1, 0.15) is 0 Å². The molecule has 1 nitrogen and oxygen atoms in total. The Morgan fingerprint density at radius 1 is 1.00 bits per heavy atom. The van der Waals surface area contributed by atoms with Gasteiger partial charge in [-0.25, -0.2) is 0 Å². The van der Waals surface area contributed by atoms with Crippen LogP contribution < -0.4 is 4.90 Å². The normalized spacial score (nSPS) is 20.8. The first kappa shape index (κ1) is 10.6. The van der Waals surface area contributed by atoms with Crippen molar-refractivity contribution in [3.63, 3.8) is 0 Å². The van der Waals surface area contributed by atoms with E-state index in [1.54, 1.807) is 0 Å². The Labute approximate surface area is 103 Å². The van der Waals surface area contributed by atoms with Gasteiger partial charge < -0.3 is 4.90 Å². The van der Waals surface area contributed by atoms with Crippen LogP contribution in [0.1, 0.15) is 26.2 Å². The maximum atomic E-state index is 2.58. The first-order valence-corrected chi connectivity index (χ1v) is 6.60. The summed E-state index contributed by atoms with van der Waals surface area (Å²) in [6, 6.07) is 16.0. The van der Waals surface area contributed by atoms with Crippen molar-refractivity contribution in [3.8, 4) is 0 Å². The Balaban J connectivity index is 2.10. The van der Waals surface area contributed by atoms with Crippen molar-refractivity contribution in [2.24, 2.45) is 0 Å². The number of anilines is 1. The van der Waals surface area contributed by atoms with Crippen molar-refractivity contribution >= 4 is 16.5 Å². The standard InChI is InChI=1S/C16H19N/c1-13-7-4-5-12-17(13)16-11-6-9-14-8-2-3-10-15(14)16/h2-3,6,8-11,13H,4-5,7,12H2,1H3. The highest BCUT2D eigenvalue weighted by molar-refractivity contribution is 5.94. The maximum Gasteiger partial charge on any atom is 0.0448 e. The Bertz CT molecular complexity index is 512. The van der Waals surface area contributed by atoms with E-state index in [0.717, 1.165) is 0 Å². The molecule has 0 aromatic heterocycles. The fraction of sp³-hybridized carbons (Fsp3) is 0.375. The van der Waals surface area contributed by atoms with E-state index in [0.29, 0.717) is 6.04 Å². The van der Waals surface area contributed by atoms with Gasteiger partial charge in [0.05, 0.1) is 0 Å². The molecular formula is C16H19N. The van der Waals surface area contributed by atoms with E-state index in [1.807, 2.05) is 0 Å². The second-order valence-electron chi connectivity index (χ2n) is 5.04. The highest BCUT2D eigenvalue weighted by Crippen LogP contribution is 2.31. The Hall–Kier alpha value is -1.50. The molecule has 1 aliphatic rings. The van der Waals surface area contributed by atoms with Crippen molar-refractivity contribution < 1.29 is 0 Å². The van der Waals surface area contributed by atoms with Crippen LogP contribution in [0.5, 0.6) is 0 Å².